The van der Waals surface area contributed by atoms with Crippen LogP contribution in [0.25, 0.3) is 47.7 Å². The summed E-state index contributed by atoms with van der Waals surface area (Å²) in [5, 5.41) is 5.42. The van der Waals surface area contributed by atoms with Crippen molar-refractivity contribution in [3.8, 4) is 5.69 Å². The third kappa shape index (κ3) is 2.46. The van der Waals surface area contributed by atoms with E-state index in [0.29, 0.717) is 0 Å². The van der Waals surface area contributed by atoms with Crippen molar-refractivity contribution in [2.45, 2.75) is 0 Å². The van der Waals surface area contributed by atoms with Gasteiger partial charge in [-0.1, -0.05) is 84.9 Å². The van der Waals surface area contributed by atoms with Gasteiger partial charge in [0, 0.05) is 53.7 Å². The largest absolute Gasteiger partial charge is 0.311 e. The van der Waals surface area contributed by atoms with Crippen LogP contribution in [0.1, 0.15) is 0 Å². The first kappa shape index (κ1) is 21.1. The van der Waals surface area contributed by atoms with Gasteiger partial charge in [0.1, 0.15) is 0 Å². The molecule has 4 heterocycles. The fourth-order valence-corrected chi connectivity index (χ4v) is 8.71. The number of rotatable bonds is 1. The van der Waals surface area contributed by atoms with E-state index in [4.69, 9.17) is 0 Å². The topological polar surface area (TPSA) is 8.17 Å². The SMILES string of the molecule is c1ccc(N2c3ccccc3B3c4ccccc4-n4c5ccc6c7ccccc7sc6c5c5ccc2c3c54)cc1. The molecule has 0 saturated carbocycles. The Labute approximate surface area is 235 Å². The average molecular weight is 524 g/mol. The minimum atomic E-state index is 0.181. The Bertz CT molecular complexity index is 2350. The van der Waals surface area contributed by atoms with E-state index in [1.54, 1.807) is 0 Å². The Morgan fingerprint density at radius 2 is 1.23 bits per heavy atom. The Kier molecular flexibility index (Phi) is 3.92. The van der Waals surface area contributed by atoms with Gasteiger partial charge in [0.25, 0.3) is 6.71 Å². The van der Waals surface area contributed by atoms with Crippen molar-refractivity contribution in [2.75, 3.05) is 4.90 Å². The zero-order valence-electron chi connectivity index (χ0n) is 21.5. The molecule has 2 aliphatic heterocycles. The highest BCUT2D eigenvalue weighted by Crippen LogP contribution is 2.46. The van der Waals surface area contributed by atoms with Gasteiger partial charge in [-0.15, -0.1) is 11.3 Å². The molecule has 2 aliphatic rings. The zero-order chi connectivity index (χ0) is 25.9. The van der Waals surface area contributed by atoms with E-state index >= 15 is 0 Å². The van der Waals surface area contributed by atoms with Gasteiger partial charge >= 0.3 is 0 Å². The molecule has 40 heavy (non-hydrogen) atoms. The van der Waals surface area contributed by atoms with Gasteiger partial charge in [-0.3, -0.25) is 0 Å². The lowest BCUT2D eigenvalue weighted by molar-refractivity contribution is 1.18. The van der Waals surface area contributed by atoms with Gasteiger partial charge in [-0.25, -0.2) is 0 Å². The van der Waals surface area contributed by atoms with Crippen LogP contribution in [-0.2, 0) is 0 Å². The highest BCUT2D eigenvalue weighted by Gasteiger charge is 2.41. The summed E-state index contributed by atoms with van der Waals surface area (Å²) in [6.45, 7) is 0.181. The Morgan fingerprint density at radius 3 is 2.10 bits per heavy atom. The molecule has 0 bridgehead atoms. The Morgan fingerprint density at radius 1 is 0.525 bits per heavy atom. The van der Waals surface area contributed by atoms with Crippen LogP contribution in [-0.4, -0.2) is 11.3 Å². The molecule has 4 heteroatoms. The fourth-order valence-electron chi connectivity index (χ4n) is 7.45. The van der Waals surface area contributed by atoms with Crippen molar-refractivity contribution in [1.29, 1.82) is 0 Å². The predicted molar refractivity (Wildman–Crippen MR) is 173 cm³/mol. The third-order valence-corrected chi connectivity index (χ3v) is 10.2. The summed E-state index contributed by atoms with van der Waals surface area (Å²) in [7, 11) is 0. The monoisotopic (exact) mass is 524 g/mol. The Balaban J connectivity index is 1.43. The molecule has 184 valence electrons. The van der Waals surface area contributed by atoms with Crippen LogP contribution in [0.5, 0.6) is 0 Å². The molecular weight excluding hydrogens is 503 g/mol. The predicted octanol–water partition coefficient (Wildman–Crippen LogP) is 7.76. The summed E-state index contributed by atoms with van der Waals surface area (Å²) in [5.74, 6) is 0. The summed E-state index contributed by atoms with van der Waals surface area (Å²) in [6.07, 6.45) is 0. The molecule has 0 unspecified atom stereocenters. The number of benzene rings is 6. The lowest BCUT2D eigenvalue weighted by atomic mass is 9.34. The maximum absolute atomic E-state index is 2.55. The molecular formula is C36H21BN2S. The van der Waals surface area contributed by atoms with E-state index in [1.807, 2.05) is 11.3 Å². The molecule has 0 amide bonds. The minimum absolute atomic E-state index is 0.181. The number of hydrogen-bond acceptors (Lipinski definition) is 2. The van der Waals surface area contributed by atoms with Crippen molar-refractivity contribution in [2.24, 2.45) is 0 Å². The summed E-state index contributed by atoms with van der Waals surface area (Å²) in [5.41, 5.74) is 11.8. The smallest absolute Gasteiger partial charge is 0.252 e. The van der Waals surface area contributed by atoms with Gasteiger partial charge in [0.2, 0.25) is 0 Å². The zero-order valence-corrected chi connectivity index (χ0v) is 22.3. The van der Waals surface area contributed by atoms with Crippen molar-refractivity contribution in [3.05, 3.63) is 127 Å². The molecule has 0 spiro atoms. The highest BCUT2D eigenvalue weighted by atomic mass is 32.1. The molecule has 0 fully saturated rings. The van der Waals surface area contributed by atoms with Crippen LogP contribution in [0.3, 0.4) is 0 Å². The van der Waals surface area contributed by atoms with Crippen LogP contribution >= 0.6 is 11.3 Å². The summed E-state index contributed by atoms with van der Waals surface area (Å²) >= 11 is 1.92. The van der Waals surface area contributed by atoms with Gasteiger partial charge in [0.15, 0.2) is 0 Å². The van der Waals surface area contributed by atoms with Crippen LogP contribution in [0, 0.1) is 0 Å². The van der Waals surface area contributed by atoms with Crippen molar-refractivity contribution in [1.82, 2.24) is 4.57 Å². The van der Waals surface area contributed by atoms with Crippen LogP contribution in [0.2, 0.25) is 0 Å². The first-order chi connectivity index (χ1) is 19.9. The van der Waals surface area contributed by atoms with Crippen molar-refractivity contribution in [3.63, 3.8) is 0 Å². The van der Waals surface area contributed by atoms with Gasteiger partial charge < -0.3 is 9.47 Å². The van der Waals surface area contributed by atoms with E-state index in [0.717, 1.165) is 0 Å². The third-order valence-electron chi connectivity index (χ3n) is 8.97. The number of thiophene rings is 1. The van der Waals surface area contributed by atoms with E-state index in [1.165, 1.54) is 81.1 Å². The minimum Gasteiger partial charge on any atom is -0.311 e. The standard InChI is InChI=1S/C36H21BN2S/c1-2-10-22(11-3-1)38-28-15-7-5-13-26(28)37-27-14-6-8-16-29(27)39-30-20-18-24-23-12-4-9-17-32(23)40-36(24)33(30)25-19-21-31(38)34(37)35(25)39/h1-21H. The van der Waals surface area contributed by atoms with Crippen LogP contribution in [0.15, 0.2) is 127 Å². The number of fused-ring (bicyclic) bond motifs is 12. The van der Waals surface area contributed by atoms with E-state index < -0.39 is 0 Å². The highest BCUT2D eigenvalue weighted by molar-refractivity contribution is 7.26. The molecule has 0 saturated heterocycles. The second-order valence-electron chi connectivity index (χ2n) is 10.9. The molecule has 0 aliphatic carbocycles. The lowest BCUT2D eigenvalue weighted by Gasteiger charge is -2.39. The van der Waals surface area contributed by atoms with Gasteiger partial charge in [-0.2, -0.15) is 0 Å². The number of hydrogen-bond donors (Lipinski definition) is 0. The van der Waals surface area contributed by atoms with Gasteiger partial charge in [0.05, 0.1) is 11.0 Å². The molecule has 2 aromatic heterocycles. The maximum atomic E-state index is 2.55. The second-order valence-corrected chi connectivity index (χ2v) is 11.9. The van der Waals surface area contributed by atoms with Crippen molar-refractivity contribution >= 4 is 93.5 Å². The molecule has 6 aromatic carbocycles. The average Bonchev–Trinajstić information content (AvgIpc) is 3.57. The quantitative estimate of drug-likeness (QED) is 0.199. The molecule has 0 radical (unpaired) electrons. The second kappa shape index (κ2) is 7.44. The summed E-state index contributed by atoms with van der Waals surface area (Å²) < 4.78 is 5.28. The number of aromatic nitrogens is 1. The van der Waals surface area contributed by atoms with Crippen LogP contribution in [0.4, 0.5) is 17.1 Å². The number of para-hydroxylation sites is 3. The number of nitrogens with zero attached hydrogens (tertiary/aromatic N) is 2. The summed E-state index contributed by atoms with van der Waals surface area (Å²) in [6, 6.07) is 47.1. The molecule has 2 nitrogen and oxygen atoms in total. The van der Waals surface area contributed by atoms with Crippen molar-refractivity contribution < 1.29 is 0 Å². The number of anilines is 3. The van der Waals surface area contributed by atoms with E-state index in [2.05, 4.69) is 137 Å². The van der Waals surface area contributed by atoms with Crippen LogP contribution < -0.4 is 21.3 Å². The van der Waals surface area contributed by atoms with Gasteiger partial charge in [-0.05, 0) is 58.9 Å². The molecule has 0 N–H and O–H groups in total. The normalized spacial score (nSPS) is 13.4. The first-order valence-corrected chi connectivity index (χ1v) is 14.6. The first-order valence-electron chi connectivity index (χ1n) is 13.8. The Hall–Kier alpha value is -4.80. The molecule has 8 aromatic rings. The molecule has 10 rings (SSSR count). The summed E-state index contributed by atoms with van der Waals surface area (Å²) in [4.78, 5) is 2.46. The molecule has 0 atom stereocenters. The van der Waals surface area contributed by atoms with E-state index in [-0.39, 0.29) is 6.71 Å². The fraction of sp³-hybridized carbons (Fsp3) is 0. The van der Waals surface area contributed by atoms with E-state index in [9.17, 15) is 0 Å². The maximum Gasteiger partial charge on any atom is 0.252 e. The lowest BCUT2D eigenvalue weighted by Crippen LogP contribution is -2.60.